The lowest BCUT2D eigenvalue weighted by Gasteiger charge is -2.32. The molecule has 0 bridgehead atoms. The van der Waals surface area contributed by atoms with E-state index < -0.39 is 0 Å². The molecular weight excluding hydrogens is 280 g/mol. The van der Waals surface area contributed by atoms with E-state index in [4.69, 9.17) is 0 Å². The summed E-state index contributed by atoms with van der Waals surface area (Å²) in [5.74, 6) is 1.32. The number of carbonyl (C=O) groups is 1. The molecule has 3 rings (SSSR count). The average Bonchev–Trinajstić information content (AvgIpc) is 2.56. The van der Waals surface area contributed by atoms with Crippen LogP contribution in [0.5, 0.6) is 0 Å². The topological polar surface area (TPSA) is 69.6 Å². The summed E-state index contributed by atoms with van der Waals surface area (Å²) in [5, 5.41) is 9.56. The number of piperidine rings is 2. The van der Waals surface area contributed by atoms with E-state index in [0.29, 0.717) is 5.92 Å². The molecule has 2 saturated heterocycles. The Bertz CT molecular complexity index is 511. The van der Waals surface area contributed by atoms with Crippen molar-refractivity contribution in [1.29, 1.82) is 0 Å². The summed E-state index contributed by atoms with van der Waals surface area (Å²) in [5.41, 5.74) is 0.978. The first kappa shape index (κ1) is 15.2. The van der Waals surface area contributed by atoms with Crippen LogP contribution in [0.3, 0.4) is 0 Å². The number of aliphatic hydroxyl groups is 1. The molecule has 0 unspecified atom stereocenters. The van der Waals surface area contributed by atoms with Crippen LogP contribution in [-0.4, -0.2) is 58.2 Å². The van der Waals surface area contributed by atoms with Crippen LogP contribution in [0.2, 0.25) is 0 Å². The van der Waals surface area contributed by atoms with Gasteiger partial charge in [-0.2, -0.15) is 0 Å². The van der Waals surface area contributed by atoms with Crippen molar-refractivity contribution in [1.82, 2.24) is 14.9 Å². The molecule has 22 heavy (non-hydrogen) atoms. The molecule has 3 heterocycles. The zero-order valence-electron chi connectivity index (χ0n) is 13.1. The van der Waals surface area contributed by atoms with E-state index in [1.807, 2.05) is 17.3 Å². The number of aromatic nitrogens is 2. The van der Waals surface area contributed by atoms with Crippen LogP contribution < -0.4 is 4.90 Å². The molecule has 2 fully saturated rings. The van der Waals surface area contributed by atoms with Gasteiger partial charge in [0.05, 0.1) is 24.2 Å². The van der Waals surface area contributed by atoms with Gasteiger partial charge < -0.3 is 14.9 Å². The summed E-state index contributed by atoms with van der Waals surface area (Å²) in [6.07, 6.45) is 7.18. The van der Waals surface area contributed by atoms with E-state index in [-0.39, 0.29) is 12.0 Å². The third-order valence-corrected chi connectivity index (χ3v) is 4.73. The van der Waals surface area contributed by atoms with Crippen LogP contribution in [0.4, 0.5) is 5.82 Å². The molecule has 0 aliphatic carbocycles. The molecule has 1 amide bonds. The molecule has 6 heteroatoms. The van der Waals surface area contributed by atoms with Crippen LogP contribution in [0.1, 0.15) is 44.2 Å². The number of aliphatic hydroxyl groups excluding tert-OH is 1. The molecule has 0 aromatic carbocycles. The second kappa shape index (κ2) is 6.60. The number of carbonyl (C=O) groups excluding carboxylic acids is 1. The van der Waals surface area contributed by atoms with Crippen molar-refractivity contribution in [3.8, 4) is 0 Å². The van der Waals surface area contributed by atoms with Gasteiger partial charge in [-0.3, -0.25) is 9.78 Å². The van der Waals surface area contributed by atoms with Gasteiger partial charge in [-0.1, -0.05) is 0 Å². The van der Waals surface area contributed by atoms with E-state index in [9.17, 15) is 9.90 Å². The molecule has 2 aliphatic rings. The maximum atomic E-state index is 11.5. The van der Waals surface area contributed by atoms with Gasteiger partial charge in [0.25, 0.3) is 0 Å². The first-order valence-electron chi connectivity index (χ1n) is 8.14. The highest BCUT2D eigenvalue weighted by atomic mass is 16.3. The summed E-state index contributed by atoms with van der Waals surface area (Å²) in [6, 6.07) is 0. The maximum Gasteiger partial charge on any atom is 0.219 e. The molecule has 0 radical (unpaired) electrons. The molecule has 0 saturated carbocycles. The highest BCUT2D eigenvalue weighted by Crippen LogP contribution is 2.26. The normalized spacial score (nSPS) is 23.6. The molecule has 6 nitrogen and oxygen atoms in total. The fraction of sp³-hybridized carbons (Fsp3) is 0.688. The Kier molecular flexibility index (Phi) is 4.57. The zero-order valence-corrected chi connectivity index (χ0v) is 13.1. The second-order valence-corrected chi connectivity index (χ2v) is 6.32. The molecular formula is C16H24N4O2. The lowest BCUT2D eigenvalue weighted by Crippen LogP contribution is -2.38. The predicted molar refractivity (Wildman–Crippen MR) is 83.7 cm³/mol. The van der Waals surface area contributed by atoms with Crippen molar-refractivity contribution in [2.24, 2.45) is 0 Å². The van der Waals surface area contributed by atoms with Crippen LogP contribution >= 0.6 is 0 Å². The lowest BCUT2D eigenvalue weighted by atomic mass is 9.95. The molecule has 1 N–H and O–H groups in total. The van der Waals surface area contributed by atoms with Crippen LogP contribution in [-0.2, 0) is 4.79 Å². The van der Waals surface area contributed by atoms with Gasteiger partial charge in [-0.25, -0.2) is 4.98 Å². The van der Waals surface area contributed by atoms with Gasteiger partial charge in [0, 0.05) is 39.0 Å². The monoisotopic (exact) mass is 304 g/mol. The fourth-order valence-electron chi connectivity index (χ4n) is 3.30. The number of likely N-dealkylation sites (tertiary alicyclic amines) is 1. The van der Waals surface area contributed by atoms with E-state index in [1.54, 1.807) is 6.92 Å². The Morgan fingerprint density at radius 2 is 1.95 bits per heavy atom. The number of rotatable bonds is 2. The van der Waals surface area contributed by atoms with Crippen molar-refractivity contribution >= 4 is 11.7 Å². The highest BCUT2D eigenvalue weighted by molar-refractivity contribution is 5.73. The summed E-state index contributed by atoms with van der Waals surface area (Å²) in [7, 11) is 0. The first-order chi connectivity index (χ1) is 10.6. The Balaban J connectivity index is 1.65. The molecule has 2 aliphatic heterocycles. The Labute approximate surface area is 131 Å². The molecule has 120 valence electrons. The van der Waals surface area contributed by atoms with Crippen LogP contribution in [0.15, 0.2) is 12.4 Å². The number of amides is 1. The fourth-order valence-corrected chi connectivity index (χ4v) is 3.30. The Morgan fingerprint density at radius 3 is 2.59 bits per heavy atom. The van der Waals surface area contributed by atoms with Crippen molar-refractivity contribution < 1.29 is 9.90 Å². The smallest absolute Gasteiger partial charge is 0.219 e. The van der Waals surface area contributed by atoms with Gasteiger partial charge in [-0.15, -0.1) is 0 Å². The summed E-state index contributed by atoms with van der Waals surface area (Å²) in [6.45, 7) is 4.89. The summed E-state index contributed by atoms with van der Waals surface area (Å²) < 4.78 is 0. The molecule has 1 aromatic rings. The number of nitrogens with zero attached hydrogens (tertiary/aromatic N) is 4. The summed E-state index contributed by atoms with van der Waals surface area (Å²) >= 11 is 0. The zero-order chi connectivity index (χ0) is 15.5. The Morgan fingerprint density at radius 1 is 1.18 bits per heavy atom. The van der Waals surface area contributed by atoms with E-state index in [1.165, 1.54) is 0 Å². The quantitative estimate of drug-likeness (QED) is 0.888. The van der Waals surface area contributed by atoms with Crippen molar-refractivity contribution in [2.75, 3.05) is 31.1 Å². The van der Waals surface area contributed by atoms with Crippen molar-refractivity contribution in [3.05, 3.63) is 18.1 Å². The van der Waals surface area contributed by atoms with Gasteiger partial charge >= 0.3 is 0 Å². The predicted octanol–water partition coefficient (Wildman–Crippen LogP) is 1.16. The van der Waals surface area contributed by atoms with Gasteiger partial charge in [-0.05, 0) is 25.7 Å². The number of anilines is 1. The average molecular weight is 304 g/mol. The van der Waals surface area contributed by atoms with E-state index in [2.05, 4.69) is 14.9 Å². The summed E-state index contributed by atoms with van der Waals surface area (Å²) in [4.78, 5) is 24.7. The number of hydrogen-bond acceptors (Lipinski definition) is 5. The minimum atomic E-state index is -0.178. The minimum Gasteiger partial charge on any atom is -0.393 e. The standard InChI is InChI=1S/C16H24N4O2/c1-12(21)20-6-2-3-13(11-20)15-9-18-16(10-17-15)19-7-4-14(22)5-8-19/h9-10,13-14,22H,2-8,11H2,1H3/t13-/m1/s1. The Hall–Kier alpha value is -1.69. The third-order valence-electron chi connectivity index (χ3n) is 4.73. The van der Waals surface area contributed by atoms with Gasteiger partial charge in [0.15, 0.2) is 0 Å². The maximum absolute atomic E-state index is 11.5. The van der Waals surface area contributed by atoms with Crippen molar-refractivity contribution in [2.45, 2.75) is 44.6 Å². The molecule has 1 aromatic heterocycles. The van der Waals surface area contributed by atoms with E-state index in [0.717, 1.165) is 63.4 Å². The first-order valence-corrected chi connectivity index (χ1v) is 8.14. The second-order valence-electron chi connectivity index (χ2n) is 6.32. The van der Waals surface area contributed by atoms with Gasteiger partial charge in [0.1, 0.15) is 5.82 Å². The van der Waals surface area contributed by atoms with E-state index >= 15 is 0 Å². The largest absolute Gasteiger partial charge is 0.393 e. The molecule has 0 spiro atoms. The lowest BCUT2D eigenvalue weighted by molar-refractivity contribution is -0.130. The molecule has 1 atom stereocenters. The van der Waals surface area contributed by atoms with Crippen LogP contribution in [0.25, 0.3) is 0 Å². The SMILES string of the molecule is CC(=O)N1CCC[C@@H](c2cnc(N3CCC(O)CC3)cn2)C1. The minimum absolute atomic E-state index is 0.140. The number of hydrogen-bond donors (Lipinski definition) is 1. The van der Waals surface area contributed by atoms with Crippen LogP contribution in [0, 0.1) is 0 Å². The third kappa shape index (κ3) is 3.38. The van der Waals surface area contributed by atoms with Gasteiger partial charge in [0.2, 0.25) is 5.91 Å². The van der Waals surface area contributed by atoms with Crippen molar-refractivity contribution in [3.63, 3.8) is 0 Å². The highest BCUT2D eigenvalue weighted by Gasteiger charge is 2.24.